The average molecular weight is 325 g/mol. The fraction of sp³-hybridized carbons (Fsp3) is 0.250. The van der Waals surface area contributed by atoms with Gasteiger partial charge in [-0.3, -0.25) is 0 Å². The van der Waals surface area contributed by atoms with Crippen LogP contribution >= 0.6 is 0 Å². The fourth-order valence-electron chi connectivity index (χ4n) is 2.29. The van der Waals surface area contributed by atoms with Crippen LogP contribution in [-0.4, -0.2) is 17.7 Å². The Bertz CT molecular complexity index is 688. The molecule has 0 saturated heterocycles. The van der Waals surface area contributed by atoms with Crippen LogP contribution in [0.15, 0.2) is 54.1 Å². The molecule has 0 saturated carbocycles. The molecule has 126 valence electrons. The van der Waals surface area contributed by atoms with E-state index in [0.717, 1.165) is 23.3 Å². The second-order valence-corrected chi connectivity index (χ2v) is 5.63. The second-order valence-electron chi connectivity index (χ2n) is 5.63. The predicted octanol–water partition coefficient (Wildman–Crippen LogP) is 4.16. The summed E-state index contributed by atoms with van der Waals surface area (Å²) in [4.78, 5) is 11.5. The third-order valence-corrected chi connectivity index (χ3v) is 3.63. The number of nitrogens with two attached hydrogens (primary N) is 1. The van der Waals surface area contributed by atoms with Gasteiger partial charge in [-0.05, 0) is 60.7 Å². The zero-order valence-electron chi connectivity index (χ0n) is 13.9. The highest BCUT2D eigenvalue weighted by Crippen LogP contribution is 2.18. The van der Waals surface area contributed by atoms with Gasteiger partial charge in [0.25, 0.3) is 0 Å². The summed E-state index contributed by atoms with van der Waals surface area (Å²) in [7, 11) is 0. The van der Waals surface area contributed by atoms with Crippen molar-refractivity contribution in [2.24, 2.45) is 0 Å². The Morgan fingerprint density at radius 2 is 1.79 bits per heavy atom. The third kappa shape index (κ3) is 5.47. The van der Waals surface area contributed by atoms with Crippen molar-refractivity contribution >= 4 is 17.7 Å². The summed E-state index contributed by atoms with van der Waals surface area (Å²) in [5.74, 6) is -0.0931. The Labute approximate surface area is 142 Å². The Kier molecular flexibility index (Phi) is 6.43. The number of hydrogen-bond acceptors (Lipinski definition) is 3. The van der Waals surface area contributed by atoms with Crippen LogP contribution in [0.4, 0.5) is 5.69 Å². The molecule has 0 atom stereocenters. The maximum atomic E-state index is 11.5. The molecule has 4 heteroatoms. The van der Waals surface area contributed by atoms with Gasteiger partial charge in [0.1, 0.15) is 5.75 Å². The standard InChI is InChI=1S/C20H23NO3/c1-2-13-24-19-11-6-16(7-12-19)14-17(20(22)23)8-3-15-4-9-18(21)10-5-15/h4-7,9-12,14H,2-3,8,13,21H2,1H3,(H,22,23). The molecule has 0 bridgehead atoms. The van der Waals surface area contributed by atoms with Crippen LogP contribution in [0, 0.1) is 0 Å². The molecule has 0 aromatic heterocycles. The minimum Gasteiger partial charge on any atom is -0.494 e. The summed E-state index contributed by atoms with van der Waals surface area (Å²) >= 11 is 0. The lowest BCUT2D eigenvalue weighted by molar-refractivity contribution is -0.132. The molecule has 2 aromatic carbocycles. The third-order valence-electron chi connectivity index (χ3n) is 3.63. The highest BCUT2D eigenvalue weighted by atomic mass is 16.5. The van der Waals surface area contributed by atoms with Gasteiger partial charge < -0.3 is 15.6 Å². The van der Waals surface area contributed by atoms with E-state index in [2.05, 4.69) is 6.92 Å². The molecule has 0 aliphatic carbocycles. The maximum absolute atomic E-state index is 11.5. The summed E-state index contributed by atoms with van der Waals surface area (Å²) in [6.07, 6.45) is 3.79. The molecule has 2 aromatic rings. The number of aliphatic carboxylic acids is 1. The zero-order chi connectivity index (χ0) is 17.4. The Balaban J connectivity index is 2.04. The van der Waals surface area contributed by atoms with Crippen LogP contribution in [0.3, 0.4) is 0 Å². The van der Waals surface area contributed by atoms with E-state index in [0.29, 0.717) is 30.7 Å². The van der Waals surface area contributed by atoms with Crippen molar-refractivity contribution in [2.45, 2.75) is 26.2 Å². The quantitative estimate of drug-likeness (QED) is 0.564. The van der Waals surface area contributed by atoms with Crippen molar-refractivity contribution in [1.29, 1.82) is 0 Å². The monoisotopic (exact) mass is 325 g/mol. The predicted molar refractivity (Wildman–Crippen MR) is 97.0 cm³/mol. The van der Waals surface area contributed by atoms with Crippen molar-refractivity contribution in [3.8, 4) is 5.75 Å². The maximum Gasteiger partial charge on any atom is 0.331 e. The Hall–Kier alpha value is -2.75. The molecular weight excluding hydrogens is 302 g/mol. The molecule has 0 spiro atoms. The first-order chi connectivity index (χ1) is 11.6. The van der Waals surface area contributed by atoms with Crippen LogP contribution in [0.2, 0.25) is 0 Å². The number of carboxylic acid groups (broad SMARTS) is 1. The van der Waals surface area contributed by atoms with E-state index in [9.17, 15) is 9.90 Å². The SMILES string of the molecule is CCCOc1ccc(C=C(CCc2ccc(N)cc2)C(=O)O)cc1. The van der Waals surface area contributed by atoms with Crippen molar-refractivity contribution in [2.75, 3.05) is 12.3 Å². The number of carboxylic acids is 1. The molecule has 0 amide bonds. The first-order valence-electron chi connectivity index (χ1n) is 8.09. The lowest BCUT2D eigenvalue weighted by Crippen LogP contribution is -2.02. The molecule has 0 radical (unpaired) electrons. The molecule has 0 heterocycles. The van der Waals surface area contributed by atoms with Gasteiger partial charge in [-0.1, -0.05) is 31.2 Å². The molecule has 4 nitrogen and oxygen atoms in total. The van der Waals surface area contributed by atoms with Gasteiger partial charge in [-0.25, -0.2) is 4.79 Å². The summed E-state index contributed by atoms with van der Waals surface area (Å²) in [5, 5.41) is 9.41. The van der Waals surface area contributed by atoms with Gasteiger partial charge in [-0.15, -0.1) is 0 Å². The fourth-order valence-corrected chi connectivity index (χ4v) is 2.29. The molecule has 3 N–H and O–H groups in total. The van der Waals surface area contributed by atoms with E-state index >= 15 is 0 Å². The normalized spacial score (nSPS) is 11.3. The Morgan fingerprint density at radius 3 is 2.38 bits per heavy atom. The topological polar surface area (TPSA) is 72.5 Å². The largest absolute Gasteiger partial charge is 0.494 e. The molecule has 2 rings (SSSR count). The van der Waals surface area contributed by atoms with Gasteiger partial charge in [0.15, 0.2) is 0 Å². The number of anilines is 1. The highest BCUT2D eigenvalue weighted by Gasteiger charge is 2.08. The number of hydrogen-bond donors (Lipinski definition) is 2. The number of nitrogen functional groups attached to an aromatic ring is 1. The number of aryl methyl sites for hydroxylation is 1. The highest BCUT2D eigenvalue weighted by molar-refractivity contribution is 5.92. The van der Waals surface area contributed by atoms with Gasteiger partial charge >= 0.3 is 5.97 Å². The number of carbonyl (C=O) groups is 1. The van der Waals surface area contributed by atoms with Crippen molar-refractivity contribution < 1.29 is 14.6 Å². The number of rotatable bonds is 8. The van der Waals surface area contributed by atoms with Gasteiger partial charge in [0, 0.05) is 11.3 Å². The van der Waals surface area contributed by atoms with Crippen LogP contribution in [0.5, 0.6) is 5.75 Å². The van der Waals surface area contributed by atoms with Crippen molar-refractivity contribution in [3.63, 3.8) is 0 Å². The first-order valence-corrected chi connectivity index (χ1v) is 8.09. The van der Waals surface area contributed by atoms with Crippen LogP contribution in [-0.2, 0) is 11.2 Å². The summed E-state index contributed by atoms with van der Waals surface area (Å²) in [6, 6.07) is 15.0. The smallest absolute Gasteiger partial charge is 0.331 e. The van der Waals surface area contributed by atoms with Crippen LogP contribution in [0.25, 0.3) is 6.08 Å². The van der Waals surface area contributed by atoms with Crippen molar-refractivity contribution in [1.82, 2.24) is 0 Å². The van der Waals surface area contributed by atoms with E-state index in [1.165, 1.54) is 0 Å². The molecule has 0 fully saturated rings. The van der Waals surface area contributed by atoms with E-state index < -0.39 is 5.97 Å². The average Bonchev–Trinajstić information content (AvgIpc) is 2.59. The van der Waals surface area contributed by atoms with Gasteiger partial charge in [-0.2, -0.15) is 0 Å². The minimum absolute atomic E-state index is 0.383. The van der Waals surface area contributed by atoms with Gasteiger partial charge in [0.2, 0.25) is 0 Å². The first kappa shape index (κ1) is 17.6. The molecule has 0 aliphatic heterocycles. The zero-order valence-corrected chi connectivity index (χ0v) is 13.9. The lowest BCUT2D eigenvalue weighted by atomic mass is 10.0. The summed E-state index contributed by atoms with van der Waals surface area (Å²) < 4.78 is 5.53. The summed E-state index contributed by atoms with van der Waals surface area (Å²) in [6.45, 7) is 2.73. The molecular formula is C20H23NO3. The lowest BCUT2D eigenvalue weighted by Gasteiger charge is -2.06. The van der Waals surface area contributed by atoms with Crippen LogP contribution in [0.1, 0.15) is 30.9 Å². The van der Waals surface area contributed by atoms with E-state index in [4.69, 9.17) is 10.5 Å². The van der Waals surface area contributed by atoms with E-state index in [-0.39, 0.29) is 0 Å². The van der Waals surface area contributed by atoms with E-state index in [1.807, 2.05) is 48.5 Å². The van der Waals surface area contributed by atoms with Crippen LogP contribution < -0.4 is 10.5 Å². The Morgan fingerprint density at radius 1 is 1.12 bits per heavy atom. The number of benzene rings is 2. The van der Waals surface area contributed by atoms with E-state index in [1.54, 1.807) is 6.08 Å². The number of ether oxygens (including phenoxy) is 1. The summed E-state index contributed by atoms with van der Waals surface area (Å²) in [5.41, 5.74) is 8.67. The molecule has 0 unspecified atom stereocenters. The minimum atomic E-state index is -0.892. The molecule has 0 aliphatic rings. The van der Waals surface area contributed by atoms with Gasteiger partial charge in [0.05, 0.1) is 6.61 Å². The molecule has 24 heavy (non-hydrogen) atoms. The van der Waals surface area contributed by atoms with Crippen molar-refractivity contribution in [3.05, 3.63) is 65.2 Å². The second kappa shape index (κ2) is 8.77.